The summed E-state index contributed by atoms with van der Waals surface area (Å²) in [6.07, 6.45) is 2.61. The van der Waals surface area contributed by atoms with Gasteiger partial charge in [-0.3, -0.25) is 4.98 Å². The second kappa shape index (κ2) is 5.41. The van der Waals surface area contributed by atoms with E-state index in [0.29, 0.717) is 5.82 Å². The number of nitrogens with zero attached hydrogens (tertiary/aromatic N) is 2. The van der Waals surface area contributed by atoms with Crippen LogP contribution in [0.3, 0.4) is 0 Å². The maximum Gasteiger partial charge on any atom is 0.356 e. The summed E-state index contributed by atoms with van der Waals surface area (Å²) in [6.45, 7) is 3.85. The van der Waals surface area contributed by atoms with Crippen molar-refractivity contribution in [2.45, 2.75) is 19.9 Å². The highest BCUT2D eigenvalue weighted by molar-refractivity contribution is 5.85. The summed E-state index contributed by atoms with van der Waals surface area (Å²) in [7, 11) is 0. The van der Waals surface area contributed by atoms with Gasteiger partial charge in [-0.05, 0) is 5.92 Å². The Bertz CT molecular complexity index is 368. The lowest BCUT2D eigenvalue weighted by Crippen LogP contribution is -2.30. The SMILES string of the molecule is CC(C)C(CO)Nc1cncc(C(=O)O)n1. The van der Waals surface area contributed by atoms with Crippen molar-refractivity contribution in [3.05, 3.63) is 18.1 Å². The van der Waals surface area contributed by atoms with E-state index in [1.165, 1.54) is 12.4 Å². The van der Waals surface area contributed by atoms with Crippen LogP contribution < -0.4 is 5.32 Å². The van der Waals surface area contributed by atoms with Gasteiger partial charge in [0, 0.05) is 0 Å². The minimum atomic E-state index is -1.12. The first kappa shape index (κ1) is 12.4. The van der Waals surface area contributed by atoms with E-state index in [-0.39, 0.29) is 24.3 Å². The molecule has 0 bridgehead atoms. The zero-order valence-electron chi connectivity index (χ0n) is 9.21. The van der Waals surface area contributed by atoms with E-state index in [0.717, 1.165) is 0 Å². The molecule has 0 saturated carbocycles. The number of aromatic carboxylic acids is 1. The second-order valence-corrected chi connectivity index (χ2v) is 3.77. The van der Waals surface area contributed by atoms with Crippen molar-refractivity contribution < 1.29 is 15.0 Å². The maximum absolute atomic E-state index is 10.7. The van der Waals surface area contributed by atoms with Gasteiger partial charge >= 0.3 is 5.97 Å². The molecular weight excluding hydrogens is 210 g/mol. The number of anilines is 1. The highest BCUT2D eigenvalue weighted by atomic mass is 16.4. The van der Waals surface area contributed by atoms with E-state index in [9.17, 15) is 4.79 Å². The molecule has 0 aliphatic heterocycles. The Kier molecular flexibility index (Phi) is 4.19. The summed E-state index contributed by atoms with van der Waals surface area (Å²) in [6, 6.07) is -0.168. The van der Waals surface area contributed by atoms with Crippen molar-refractivity contribution in [2.24, 2.45) is 5.92 Å². The van der Waals surface area contributed by atoms with Gasteiger partial charge in [0.2, 0.25) is 0 Å². The first-order valence-electron chi connectivity index (χ1n) is 4.97. The molecule has 0 aliphatic rings. The number of carboxylic acid groups (broad SMARTS) is 1. The lowest BCUT2D eigenvalue weighted by Gasteiger charge is -2.20. The van der Waals surface area contributed by atoms with E-state index < -0.39 is 5.97 Å². The monoisotopic (exact) mass is 225 g/mol. The van der Waals surface area contributed by atoms with E-state index in [4.69, 9.17) is 10.2 Å². The van der Waals surface area contributed by atoms with Gasteiger partial charge in [0.1, 0.15) is 5.82 Å². The number of carboxylic acids is 1. The van der Waals surface area contributed by atoms with Gasteiger partial charge in [0.15, 0.2) is 5.69 Å². The van der Waals surface area contributed by atoms with Gasteiger partial charge in [-0.25, -0.2) is 9.78 Å². The molecular formula is C10H15N3O3. The van der Waals surface area contributed by atoms with E-state index in [1.807, 2.05) is 13.8 Å². The number of hydrogen-bond acceptors (Lipinski definition) is 5. The smallest absolute Gasteiger partial charge is 0.356 e. The Hall–Kier alpha value is -1.69. The number of hydrogen-bond donors (Lipinski definition) is 3. The van der Waals surface area contributed by atoms with Crippen molar-refractivity contribution in [3.8, 4) is 0 Å². The lowest BCUT2D eigenvalue weighted by atomic mass is 10.1. The molecule has 6 nitrogen and oxygen atoms in total. The van der Waals surface area contributed by atoms with Gasteiger partial charge < -0.3 is 15.5 Å². The second-order valence-electron chi connectivity index (χ2n) is 3.77. The van der Waals surface area contributed by atoms with Gasteiger partial charge in [-0.15, -0.1) is 0 Å². The molecule has 6 heteroatoms. The van der Waals surface area contributed by atoms with Crippen LogP contribution in [0.4, 0.5) is 5.82 Å². The minimum absolute atomic E-state index is 0.0450. The average molecular weight is 225 g/mol. The van der Waals surface area contributed by atoms with Crippen molar-refractivity contribution >= 4 is 11.8 Å². The molecule has 1 aromatic rings. The van der Waals surface area contributed by atoms with Crippen molar-refractivity contribution in [1.82, 2.24) is 9.97 Å². The zero-order chi connectivity index (χ0) is 12.1. The largest absolute Gasteiger partial charge is 0.476 e. The first-order valence-corrected chi connectivity index (χ1v) is 4.97. The molecule has 0 aliphatic carbocycles. The molecule has 3 N–H and O–H groups in total. The van der Waals surface area contributed by atoms with Gasteiger partial charge in [0.25, 0.3) is 0 Å². The molecule has 1 heterocycles. The molecule has 88 valence electrons. The molecule has 0 amide bonds. The van der Waals surface area contributed by atoms with Crippen LogP contribution in [0.25, 0.3) is 0 Å². The number of aromatic nitrogens is 2. The molecule has 0 radical (unpaired) electrons. The fourth-order valence-electron chi connectivity index (χ4n) is 1.15. The fourth-order valence-corrected chi connectivity index (χ4v) is 1.15. The predicted octanol–water partition coefficient (Wildman–Crippen LogP) is 0.604. The number of aliphatic hydroxyl groups excluding tert-OH is 1. The van der Waals surface area contributed by atoms with Crippen LogP contribution in [-0.4, -0.2) is 38.8 Å². The number of aliphatic hydroxyl groups is 1. The molecule has 1 atom stereocenters. The van der Waals surface area contributed by atoms with Crippen molar-refractivity contribution in [1.29, 1.82) is 0 Å². The Morgan fingerprint density at radius 1 is 1.50 bits per heavy atom. The quantitative estimate of drug-likeness (QED) is 0.679. The molecule has 1 rings (SSSR count). The summed E-state index contributed by atoms with van der Waals surface area (Å²) >= 11 is 0. The molecule has 0 saturated heterocycles. The number of rotatable bonds is 5. The molecule has 1 unspecified atom stereocenters. The van der Waals surface area contributed by atoms with Crippen LogP contribution in [0.15, 0.2) is 12.4 Å². The topological polar surface area (TPSA) is 95.3 Å². The van der Waals surface area contributed by atoms with Crippen LogP contribution >= 0.6 is 0 Å². The van der Waals surface area contributed by atoms with Crippen molar-refractivity contribution in [3.63, 3.8) is 0 Å². The van der Waals surface area contributed by atoms with Gasteiger partial charge in [0.05, 0.1) is 25.0 Å². The Morgan fingerprint density at radius 3 is 2.69 bits per heavy atom. The fraction of sp³-hybridized carbons (Fsp3) is 0.500. The van der Waals surface area contributed by atoms with Crippen LogP contribution in [0.1, 0.15) is 24.3 Å². The number of nitrogens with one attached hydrogen (secondary N) is 1. The van der Waals surface area contributed by atoms with E-state index in [1.54, 1.807) is 0 Å². The third-order valence-corrected chi connectivity index (χ3v) is 2.19. The lowest BCUT2D eigenvalue weighted by molar-refractivity contribution is 0.0690. The molecule has 16 heavy (non-hydrogen) atoms. The first-order chi connectivity index (χ1) is 7.54. The van der Waals surface area contributed by atoms with Crippen molar-refractivity contribution in [2.75, 3.05) is 11.9 Å². The highest BCUT2D eigenvalue weighted by Crippen LogP contribution is 2.09. The van der Waals surface area contributed by atoms with Gasteiger partial charge in [-0.2, -0.15) is 0 Å². The Morgan fingerprint density at radius 2 is 2.19 bits per heavy atom. The predicted molar refractivity (Wildman–Crippen MR) is 58.3 cm³/mol. The Labute approximate surface area is 93.4 Å². The maximum atomic E-state index is 10.7. The molecule has 1 aromatic heterocycles. The van der Waals surface area contributed by atoms with Crippen LogP contribution in [0, 0.1) is 5.92 Å². The standard InChI is InChI=1S/C10H15N3O3/c1-6(2)8(5-14)13-9-4-11-3-7(12-9)10(15)16/h3-4,6,8,14H,5H2,1-2H3,(H,12,13)(H,15,16). The van der Waals surface area contributed by atoms with Gasteiger partial charge in [-0.1, -0.05) is 13.8 Å². The normalized spacial score (nSPS) is 12.5. The molecule has 0 fully saturated rings. The number of carbonyl (C=O) groups is 1. The minimum Gasteiger partial charge on any atom is -0.476 e. The summed E-state index contributed by atoms with van der Waals surface area (Å²) in [4.78, 5) is 18.3. The highest BCUT2D eigenvalue weighted by Gasteiger charge is 2.13. The van der Waals surface area contributed by atoms with Crippen LogP contribution in [0.2, 0.25) is 0 Å². The molecule has 0 aromatic carbocycles. The third kappa shape index (κ3) is 3.16. The van der Waals surface area contributed by atoms with Crippen LogP contribution in [0.5, 0.6) is 0 Å². The summed E-state index contributed by atoms with van der Waals surface area (Å²) in [5.41, 5.74) is -0.120. The summed E-state index contributed by atoms with van der Waals surface area (Å²) in [5, 5.41) is 20.8. The van der Waals surface area contributed by atoms with Crippen LogP contribution in [-0.2, 0) is 0 Å². The summed E-state index contributed by atoms with van der Waals surface area (Å²) in [5.74, 6) is -0.561. The van der Waals surface area contributed by atoms with E-state index >= 15 is 0 Å². The zero-order valence-corrected chi connectivity index (χ0v) is 9.21. The molecule has 0 spiro atoms. The summed E-state index contributed by atoms with van der Waals surface area (Å²) < 4.78 is 0. The average Bonchev–Trinajstić information content (AvgIpc) is 2.25. The van der Waals surface area contributed by atoms with E-state index in [2.05, 4.69) is 15.3 Å². The third-order valence-electron chi connectivity index (χ3n) is 2.19. The Balaban J connectivity index is 2.80.